The highest BCUT2D eigenvalue weighted by molar-refractivity contribution is 7.89. The number of nitrogens with zero attached hydrogens (tertiary/aromatic N) is 1. The number of thiophene rings is 1. The van der Waals surface area contributed by atoms with E-state index in [-0.39, 0.29) is 16.8 Å². The molecule has 2 aliphatic heterocycles. The second-order valence-corrected chi connectivity index (χ2v) is 13.4. The van der Waals surface area contributed by atoms with Crippen LogP contribution in [-0.4, -0.2) is 51.9 Å². The summed E-state index contributed by atoms with van der Waals surface area (Å²) in [6, 6.07) is 14.0. The van der Waals surface area contributed by atoms with Crippen molar-refractivity contribution < 1.29 is 22.7 Å². The number of esters is 1. The molecule has 0 saturated carbocycles. The summed E-state index contributed by atoms with van der Waals surface area (Å²) in [5.41, 5.74) is 1.59. The van der Waals surface area contributed by atoms with Crippen LogP contribution in [0.4, 0.5) is 5.69 Å². The smallest absolute Gasteiger partial charge is 0.305 e. The molecule has 2 unspecified atom stereocenters. The van der Waals surface area contributed by atoms with Gasteiger partial charge in [0.2, 0.25) is 15.9 Å². The predicted octanol–water partition coefficient (Wildman–Crippen LogP) is 4.72. The Hall–Kier alpha value is -2.95. The molecule has 1 fully saturated rings. The number of fused-ring (bicyclic) bond motifs is 2. The third-order valence-corrected chi connectivity index (χ3v) is 10.4. The largest absolute Gasteiger partial charge is 0.469 e. The SMILES string of the molecule is COC(=O)CCC1CCN(C(=O)C(NS(=O)(=O)c2cccc3c2NCC(C)C3)c2cc3ccccc3s2)CC1. The molecule has 2 aromatic carbocycles. The van der Waals surface area contributed by atoms with Crippen molar-refractivity contribution in [2.45, 2.75) is 50.0 Å². The highest BCUT2D eigenvalue weighted by atomic mass is 32.2. The number of rotatable bonds is 8. The second kappa shape index (κ2) is 11.7. The van der Waals surface area contributed by atoms with E-state index in [1.54, 1.807) is 17.0 Å². The molecule has 39 heavy (non-hydrogen) atoms. The van der Waals surface area contributed by atoms with Gasteiger partial charge in [0, 0.05) is 35.6 Å². The summed E-state index contributed by atoms with van der Waals surface area (Å²) < 4.78 is 36.2. The number of carbonyl (C=O) groups is 2. The molecule has 0 radical (unpaired) electrons. The molecule has 5 rings (SSSR count). The molecule has 1 amide bonds. The number of anilines is 1. The number of likely N-dealkylation sites (tertiary alicyclic amines) is 1. The first-order valence-electron chi connectivity index (χ1n) is 13.5. The lowest BCUT2D eigenvalue weighted by molar-refractivity contribution is -0.141. The van der Waals surface area contributed by atoms with E-state index >= 15 is 0 Å². The summed E-state index contributed by atoms with van der Waals surface area (Å²) in [4.78, 5) is 28.1. The zero-order chi connectivity index (χ0) is 27.6. The predicted molar refractivity (Wildman–Crippen MR) is 153 cm³/mol. The fraction of sp³-hybridized carbons (Fsp3) is 0.448. The van der Waals surface area contributed by atoms with Gasteiger partial charge in [0.15, 0.2) is 0 Å². The van der Waals surface area contributed by atoms with Gasteiger partial charge in [0.1, 0.15) is 10.9 Å². The second-order valence-electron chi connectivity index (χ2n) is 10.6. The average Bonchev–Trinajstić information content (AvgIpc) is 3.38. The minimum absolute atomic E-state index is 0.173. The third kappa shape index (κ3) is 6.13. The van der Waals surface area contributed by atoms with Gasteiger partial charge in [0.25, 0.3) is 0 Å². The molecule has 2 aliphatic rings. The molecule has 0 spiro atoms. The van der Waals surface area contributed by atoms with Crippen molar-refractivity contribution >= 4 is 49.0 Å². The Morgan fingerprint density at radius 3 is 2.67 bits per heavy atom. The van der Waals surface area contributed by atoms with E-state index in [0.29, 0.717) is 48.5 Å². The van der Waals surface area contributed by atoms with Gasteiger partial charge in [-0.25, -0.2) is 8.42 Å². The maximum Gasteiger partial charge on any atom is 0.305 e. The van der Waals surface area contributed by atoms with Gasteiger partial charge in [-0.15, -0.1) is 11.3 Å². The zero-order valence-corrected chi connectivity index (χ0v) is 23.9. The van der Waals surface area contributed by atoms with Crippen LogP contribution >= 0.6 is 11.3 Å². The van der Waals surface area contributed by atoms with Crippen LogP contribution in [0.2, 0.25) is 0 Å². The molecule has 0 bridgehead atoms. The normalized spacial score (nSPS) is 18.8. The molecule has 2 atom stereocenters. The van der Waals surface area contributed by atoms with Crippen LogP contribution in [0.5, 0.6) is 0 Å². The molecular weight excluding hydrogens is 534 g/mol. The van der Waals surface area contributed by atoms with Gasteiger partial charge < -0.3 is 15.0 Å². The van der Waals surface area contributed by atoms with E-state index < -0.39 is 16.1 Å². The molecule has 10 heteroatoms. The van der Waals surface area contributed by atoms with E-state index in [9.17, 15) is 18.0 Å². The molecule has 3 heterocycles. The van der Waals surface area contributed by atoms with Crippen molar-refractivity contribution in [3.8, 4) is 0 Å². The van der Waals surface area contributed by atoms with Crippen molar-refractivity contribution in [3.63, 3.8) is 0 Å². The number of sulfonamides is 1. The summed E-state index contributed by atoms with van der Waals surface area (Å²) in [5, 5.41) is 4.27. The fourth-order valence-corrected chi connectivity index (χ4v) is 8.12. The van der Waals surface area contributed by atoms with Crippen LogP contribution in [0.1, 0.15) is 49.1 Å². The maximum atomic E-state index is 14.0. The zero-order valence-electron chi connectivity index (χ0n) is 22.3. The molecular formula is C29H35N3O5S2. The summed E-state index contributed by atoms with van der Waals surface area (Å²) in [5.74, 6) is 0.270. The van der Waals surface area contributed by atoms with Crippen LogP contribution in [0, 0.1) is 11.8 Å². The number of hydrogen-bond donors (Lipinski definition) is 2. The minimum Gasteiger partial charge on any atom is -0.469 e. The fourth-order valence-electron chi connectivity index (χ4n) is 5.54. The maximum absolute atomic E-state index is 14.0. The molecule has 0 aliphatic carbocycles. The van der Waals surface area contributed by atoms with Crippen molar-refractivity contribution in [1.29, 1.82) is 0 Å². The van der Waals surface area contributed by atoms with Crippen LogP contribution < -0.4 is 10.0 Å². The highest BCUT2D eigenvalue weighted by Crippen LogP contribution is 2.35. The number of methoxy groups -OCH3 is 1. The summed E-state index contributed by atoms with van der Waals surface area (Å²) in [7, 11) is -2.63. The molecule has 8 nitrogen and oxygen atoms in total. The number of benzene rings is 2. The third-order valence-electron chi connectivity index (χ3n) is 7.76. The van der Waals surface area contributed by atoms with Gasteiger partial charge >= 0.3 is 5.97 Å². The minimum atomic E-state index is -4.02. The van der Waals surface area contributed by atoms with Gasteiger partial charge in [-0.1, -0.05) is 37.3 Å². The number of piperidine rings is 1. The van der Waals surface area contributed by atoms with E-state index in [1.165, 1.54) is 18.4 Å². The standard InChI is InChI=1S/C29H35N3O5S2/c1-19-16-22-7-5-9-25(27(22)30-18-19)39(35,36)31-28(24-17-21-6-3-4-8-23(21)38-24)29(34)32-14-12-20(13-15-32)10-11-26(33)37-2/h3-9,17,19-20,28,30-31H,10-16,18H2,1-2H3. The van der Waals surface area contributed by atoms with Gasteiger partial charge in [0.05, 0.1) is 12.8 Å². The monoisotopic (exact) mass is 569 g/mol. The first-order valence-corrected chi connectivity index (χ1v) is 15.8. The summed E-state index contributed by atoms with van der Waals surface area (Å²) in [6.45, 7) is 3.87. The van der Waals surface area contributed by atoms with Crippen molar-refractivity contribution in [2.75, 3.05) is 32.1 Å². The number of hydrogen-bond acceptors (Lipinski definition) is 7. The Morgan fingerprint density at radius 2 is 1.92 bits per heavy atom. The first kappa shape index (κ1) is 27.6. The number of amides is 1. The van der Waals surface area contributed by atoms with E-state index in [2.05, 4.69) is 17.0 Å². The van der Waals surface area contributed by atoms with Crippen LogP contribution in [0.15, 0.2) is 53.4 Å². The van der Waals surface area contributed by atoms with Gasteiger partial charge in [-0.2, -0.15) is 4.72 Å². The van der Waals surface area contributed by atoms with Crippen LogP contribution in [-0.2, 0) is 30.8 Å². The molecule has 1 saturated heterocycles. The Kier molecular flexibility index (Phi) is 8.25. The lowest BCUT2D eigenvalue weighted by atomic mass is 9.92. The van der Waals surface area contributed by atoms with E-state index in [1.807, 2.05) is 36.4 Å². The highest BCUT2D eigenvalue weighted by Gasteiger charge is 2.35. The topological polar surface area (TPSA) is 105 Å². The lowest BCUT2D eigenvalue weighted by Gasteiger charge is -2.34. The molecule has 3 aromatic rings. The van der Waals surface area contributed by atoms with Gasteiger partial charge in [-0.3, -0.25) is 9.59 Å². The van der Waals surface area contributed by atoms with Crippen molar-refractivity contribution in [1.82, 2.24) is 9.62 Å². The van der Waals surface area contributed by atoms with Crippen molar-refractivity contribution in [2.24, 2.45) is 11.8 Å². The Balaban J connectivity index is 1.41. The quantitative estimate of drug-likeness (QED) is 0.381. The first-order chi connectivity index (χ1) is 18.7. The van der Waals surface area contributed by atoms with Crippen molar-refractivity contribution in [3.05, 3.63) is 59.0 Å². The molecule has 2 N–H and O–H groups in total. The van der Waals surface area contributed by atoms with E-state index in [0.717, 1.165) is 41.3 Å². The van der Waals surface area contributed by atoms with Crippen LogP contribution in [0.3, 0.4) is 0 Å². The summed E-state index contributed by atoms with van der Waals surface area (Å²) >= 11 is 1.44. The number of carbonyl (C=O) groups excluding carboxylic acids is 2. The Bertz CT molecular complexity index is 1430. The Morgan fingerprint density at radius 1 is 1.15 bits per heavy atom. The molecule has 208 valence electrons. The van der Waals surface area contributed by atoms with Crippen LogP contribution in [0.25, 0.3) is 10.1 Å². The lowest BCUT2D eigenvalue weighted by Crippen LogP contribution is -2.46. The summed E-state index contributed by atoms with van der Waals surface area (Å²) in [6.07, 6.45) is 3.43. The number of ether oxygens (including phenoxy) is 1. The Labute approximate surface area is 233 Å². The average molecular weight is 570 g/mol. The van der Waals surface area contributed by atoms with E-state index in [4.69, 9.17) is 4.74 Å². The number of para-hydroxylation sites is 1. The number of nitrogens with one attached hydrogen (secondary N) is 2. The molecule has 1 aromatic heterocycles. The van der Waals surface area contributed by atoms with Gasteiger partial charge in [-0.05, 0) is 66.7 Å².